The summed E-state index contributed by atoms with van der Waals surface area (Å²) in [5, 5.41) is 6.19. The minimum absolute atomic E-state index is 0.864. The molecule has 0 aliphatic heterocycles. The van der Waals surface area contributed by atoms with E-state index in [0.717, 1.165) is 27.9 Å². The number of imidazole rings is 1. The molecule has 3 heterocycles. The molecular formula is C16H12N4S. The number of para-hydroxylation sites is 1. The molecule has 4 rings (SSSR count). The van der Waals surface area contributed by atoms with Gasteiger partial charge in [0.2, 0.25) is 0 Å². The molecule has 5 heteroatoms. The highest BCUT2D eigenvalue weighted by molar-refractivity contribution is 7.14. The molecule has 4 aromatic rings. The number of anilines is 2. The summed E-state index contributed by atoms with van der Waals surface area (Å²) in [6, 6.07) is 16.1. The van der Waals surface area contributed by atoms with Gasteiger partial charge in [-0.1, -0.05) is 24.3 Å². The Morgan fingerprint density at radius 3 is 2.76 bits per heavy atom. The van der Waals surface area contributed by atoms with Crippen LogP contribution < -0.4 is 5.32 Å². The number of rotatable bonds is 3. The van der Waals surface area contributed by atoms with E-state index in [1.54, 1.807) is 11.3 Å². The molecule has 0 aliphatic rings. The van der Waals surface area contributed by atoms with E-state index in [9.17, 15) is 0 Å². The van der Waals surface area contributed by atoms with Gasteiger partial charge in [0.25, 0.3) is 0 Å². The van der Waals surface area contributed by atoms with Gasteiger partial charge >= 0.3 is 0 Å². The second kappa shape index (κ2) is 5.03. The predicted molar refractivity (Wildman–Crippen MR) is 86.0 cm³/mol. The Morgan fingerprint density at radius 1 is 1.00 bits per heavy atom. The molecule has 0 fully saturated rings. The number of hydrogen-bond acceptors (Lipinski definition) is 4. The Balaban J connectivity index is 1.68. The van der Waals surface area contributed by atoms with Gasteiger partial charge in [-0.25, -0.2) is 9.97 Å². The van der Waals surface area contributed by atoms with Crippen LogP contribution in [-0.2, 0) is 0 Å². The maximum Gasteiger partial charge on any atom is 0.187 e. The Bertz CT molecular complexity index is 879. The van der Waals surface area contributed by atoms with Gasteiger partial charge in [0.05, 0.1) is 11.7 Å². The van der Waals surface area contributed by atoms with Crippen molar-refractivity contribution in [1.82, 2.24) is 14.4 Å². The van der Waals surface area contributed by atoms with Crippen LogP contribution in [0.1, 0.15) is 0 Å². The molecule has 3 aromatic heterocycles. The Hall–Kier alpha value is -2.66. The van der Waals surface area contributed by atoms with Gasteiger partial charge in [0.15, 0.2) is 11.0 Å². The third-order valence-corrected chi connectivity index (χ3v) is 3.95. The van der Waals surface area contributed by atoms with Crippen LogP contribution in [0.4, 0.5) is 10.8 Å². The van der Waals surface area contributed by atoms with Gasteiger partial charge < -0.3 is 5.32 Å². The highest BCUT2D eigenvalue weighted by Gasteiger charge is 2.10. The fourth-order valence-electron chi connectivity index (χ4n) is 2.21. The quantitative estimate of drug-likeness (QED) is 0.615. The van der Waals surface area contributed by atoms with E-state index in [-0.39, 0.29) is 0 Å². The number of nitrogens with one attached hydrogen (secondary N) is 1. The number of fused-ring (bicyclic) bond motifs is 1. The minimum Gasteiger partial charge on any atom is -0.332 e. The average Bonchev–Trinajstić information content (AvgIpc) is 3.14. The van der Waals surface area contributed by atoms with Crippen LogP contribution in [0.2, 0.25) is 0 Å². The van der Waals surface area contributed by atoms with Crippen molar-refractivity contribution in [3.63, 3.8) is 0 Å². The van der Waals surface area contributed by atoms with Crippen LogP contribution in [0.3, 0.4) is 0 Å². The van der Waals surface area contributed by atoms with Gasteiger partial charge in [-0.3, -0.25) is 4.40 Å². The maximum atomic E-state index is 4.62. The molecule has 4 nitrogen and oxygen atoms in total. The third kappa shape index (κ3) is 2.28. The smallest absolute Gasteiger partial charge is 0.187 e. The second-order valence-electron chi connectivity index (χ2n) is 4.61. The number of thiazole rings is 1. The van der Waals surface area contributed by atoms with Crippen molar-refractivity contribution >= 4 is 27.7 Å². The number of aromatic nitrogens is 3. The van der Waals surface area contributed by atoms with E-state index < -0.39 is 0 Å². The van der Waals surface area contributed by atoms with Gasteiger partial charge in [0, 0.05) is 17.3 Å². The monoisotopic (exact) mass is 292 g/mol. The van der Waals surface area contributed by atoms with Crippen molar-refractivity contribution < 1.29 is 0 Å². The first-order valence-electron chi connectivity index (χ1n) is 6.60. The molecule has 0 unspecified atom stereocenters. The molecule has 0 saturated carbocycles. The maximum absolute atomic E-state index is 4.62. The van der Waals surface area contributed by atoms with Crippen LogP contribution in [0.15, 0.2) is 66.3 Å². The lowest BCUT2D eigenvalue weighted by Crippen LogP contribution is -1.91. The molecule has 0 saturated heterocycles. The van der Waals surface area contributed by atoms with Crippen LogP contribution in [0, 0.1) is 0 Å². The Morgan fingerprint density at radius 2 is 1.86 bits per heavy atom. The second-order valence-corrected chi connectivity index (χ2v) is 5.46. The lowest BCUT2D eigenvalue weighted by atomic mass is 10.3. The Kier molecular flexibility index (Phi) is 2.90. The first-order chi connectivity index (χ1) is 10.4. The first kappa shape index (κ1) is 12.1. The number of nitrogens with zero attached hydrogens (tertiary/aromatic N) is 3. The van der Waals surface area contributed by atoms with Gasteiger partial charge in [0.1, 0.15) is 5.69 Å². The van der Waals surface area contributed by atoms with Gasteiger partial charge in [-0.2, -0.15) is 0 Å². The summed E-state index contributed by atoms with van der Waals surface area (Å²) in [5.74, 6) is 0.864. The summed E-state index contributed by atoms with van der Waals surface area (Å²) in [4.78, 5) is 9.09. The van der Waals surface area contributed by atoms with Gasteiger partial charge in [-0.15, -0.1) is 11.3 Å². The first-order valence-corrected chi connectivity index (χ1v) is 7.48. The standard InChI is InChI=1S/C16H12N4S/c1-2-6-12(7-3-1)18-16-19-14(11-21-16)15-17-10-13-8-4-5-9-20(13)15/h1-11H,(H,18,19). The lowest BCUT2D eigenvalue weighted by Gasteiger charge is -2.00. The average molecular weight is 292 g/mol. The zero-order valence-corrected chi connectivity index (χ0v) is 11.9. The summed E-state index contributed by atoms with van der Waals surface area (Å²) in [5.41, 5.74) is 2.98. The van der Waals surface area contributed by atoms with Crippen LogP contribution >= 0.6 is 11.3 Å². The largest absolute Gasteiger partial charge is 0.332 e. The van der Waals surface area contributed by atoms with Crippen molar-refractivity contribution in [2.45, 2.75) is 0 Å². The fourth-order valence-corrected chi connectivity index (χ4v) is 2.92. The summed E-state index contributed by atoms with van der Waals surface area (Å²) >= 11 is 1.58. The van der Waals surface area contributed by atoms with Crippen molar-refractivity contribution in [2.75, 3.05) is 5.32 Å². The van der Waals surface area contributed by atoms with E-state index in [4.69, 9.17) is 0 Å². The lowest BCUT2D eigenvalue weighted by molar-refractivity contribution is 1.14. The van der Waals surface area contributed by atoms with Crippen molar-refractivity contribution in [3.8, 4) is 11.5 Å². The van der Waals surface area contributed by atoms with Crippen LogP contribution in [0.5, 0.6) is 0 Å². The zero-order valence-electron chi connectivity index (χ0n) is 11.1. The van der Waals surface area contributed by atoms with Crippen LogP contribution in [-0.4, -0.2) is 14.4 Å². The number of benzene rings is 1. The molecule has 0 spiro atoms. The van der Waals surface area contributed by atoms with E-state index in [0.29, 0.717) is 0 Å². The molecule has 1 aromatic carbocycles. The van der Waals surface area contributed by atoms with Gasteiger partial charge in [-0.05, 0) is 24.3 Å². The molecule has 102 valence electrons. The van der Waals surface area contributed by atoms with E-state index in [1.165, 1.54) is 0 Å². The molecule has 0 radical (unpaired) electrons. The summed E-state index contributed by atoms with van der Waals surface area (Å²) in [6.07, 6.45) is 3.86. The highest BCUT2D eigenvalue weighted by atomic mass is 32.1. The molecule has 0 bridgehead atoms. The molecule has 1 N–H and O–H groups in total. The highest BCUT2D eigenvalue weighted by Crippen LogP contribution is 2.26. The molecule has 21 heavy (non-hydrogen) atoms. The summed E-state index contributed by atoms with van der Waals surface area (Å²) in [6.45, 7) is 0. The van der Waals surface area contributed by atoms with Crippen molar-refractivity contribution in [2.24, 2.45) is 0 Å². The van der Waals surface area contributed by atoms with E-state index in [2.05, 4.69) is 15.3 Å². The molecule has 0 aliphatic carbocycles. The van der Waals surface area contributed by atoms with E-state index >= 15 is 0 Å². The van der Waals surface area contributed by atoms with Crippen LogP contribution in [0.25, 0.3) is 17.0 Å². The fraction of sp³-hybridized carbons (Fsp3) is 0. The number of pyridine rings is 1. The van der Waals surface area contributed by atoms with E-state index in [1.807, 2.05) is 70.7 Å². The Labute approximate surface area is 125 Å². The summed E-state index contributed by atoms with van der Waals surface area (Å²) < 4.78 is 2.04. The predicted octanol–water partition coefficient (Wildman–Crippen LogP) is 4.20. The minimum atomic E-state index is 0.864. The summed E-state index contributed by atoms with van der Waals surface area (Å²) in [7, 11) is 0. The zero-order chi connectivity index (χ0) is 14.1. The van der Waals surface area contributed by atoms with Crippen molar-refractivity contribution in [1.29, 1.82) is 0 Å². The third-order valence-electron chi connectivity index (χ3n) is 3.20. The number of hydrogen-bond donors (Lipinski definition) is 1. The SMILES string of the molecule is c1ccc(Nc2nc(-c3ncc4ccccn34)cs2)cc1. The normalized spacial score (nSPS) is 10.9. The topological polar surface area (TPSA) is 42.2 Å². The molecule has 0 amide bonds. The van der Waals surface area contributed by atoms with Crippen molar-refractivity contribution in [3.05, 3.63) is 66.3 Å². The molecule has 0 atom stereocenters. The molecular weight excluding hydrogens is 280 g/mol.